The zero-order chi connectivity index (χ0) is 21.3. The van der Waals surface area contributed by atoms with Crippen molar-refractivity contribution in [2.75, 3.05) is 6.61 Å². The van der Waals surface area contributed by atoms with Crippen LogP contribution < -0.4 is 4.74 Å². The summed E-state index contributed by atoms with van der Waals surface area (Å²) in [5.41, 5.74) is 1.27. The van der Waals surface area contributed by atoms with E-state index < -0.39 is 0 Å². The Hall–Kier alpha value is -3.01. The summed E-state index contributed by atoms with van der Waals surface area (Å²) in [5, 5.41) is 0. The predicted octanol–water partition coefficient (Wildman–Crippen LogP) is 6.77. The van der Waals surface area contributed by atoms with Gasteiger partial charge in [-0.3, -0.25) is 0 Å². The van der Waals surface area contributed by atoms with Crippen molar-refractivity contribution in [2.24, 2.45) is 0 Å². The lowest BCUT2D eigenvalue weighted by Crippen LogP contribution is -2.18. The maximum Gasteiger partial charge on any atom is 0.196 e. The van der Waals surface area contributed by atoms with Gasteiger partial charge in [0, 0.05) is 0 Å². The van der Waals surface area contributed by atoms with Crippen LogP contribution in [-0.4, -0.2) is 12.9 Å². The van der Waals surface area contributed by atoms with Crippen molar-refractivity contribution in [3.8, 4) is 5.75 Å². The van der Waals surface area contributed by atoms with E-state index in [1.54, 1.807) is 0 Å². The molecule has 0 amide bonds. The molecule has 4 rings (SSSR count). The number of benzene rings is 4. The van der Waals surface area contributed by atoms with Crippen LogP contribution in [0, 0.1) is 0 Å². The third kappa shape index (κ3) is 6.00. The van der Waals surface area contributed by atoms with Gasteiger partial charge in [-0.15, -0.1) is 0 Å². The van der Waals surface area contributed by atoms with E-state index in [0.29, 0.717) is 6.61 Å². The van der Waals surface area contributed by atoms with Crippen molar-refractivity contribution in [2.45, 2.75) is 34.3 Å². The fourth-order valence-electron chi connectivity index (χ4n) is 3.39. The summed E-state index contributed by atoms with van der Waals surface area (Å²) in [6, 6.07) is 40.1. The molecule has 0 radical (unpaired) electrons. The van der Waals surface area contributed by atoms with Gasteiger partial charge in [-0.2, -0.15) is 0 Å². The maximum atomic E-state index is 5.98. The van der Waals surface area contributed by atoms with Gasteiger partial charge in [0.15, 0.2) is 21.0 Å². The fraction of sp³-hybridized carbons (Fsp3) is 0.143. The van der Waals surface area contributed by atoms with E-state index in [1.165, 1.54) is 20.2 Å². The van der Waals surface area contributed by atoms with Crippen LogP contribution in [-0.2, 0) is 22.1 Å². The highest BCUT2D eigenvalue weighted by molar-refractivity contribution is 7.97. The Labute approximate surface area is 187 Å². The normalized spacial score (nSPS) is 11.9. The van der Waals surface area contributed by atoms with Crippen molar-refractivity contribution < 1.29 is 9.47 Å². The summed E-state index contributed by atoms with van der Waals surface area (Å²) < 4.78 is 11.8. The van der Waals surface area contributed by atoms with Gasteiger partial charge in [0.2, 0.25) is 0 Å². The Kier molecular flexibility index (Phi) is 7.43. The molecule has 0 saturated heterocycles. The number of ether oxygens (including phenoxy) is 2. The van der Waals surface area contributed by atoms with Crippen LogP contribution in [0.4, 0.5) is 0 Å². The smallest absolute Gasteiger partial charge is 0.196 e. The van der Waals surface area contributed by atoms with E-state index in [0.717, 1.165) is 12.2 Å². The third-order valence-electron chi connectivity index (χ3n) is 4.91. The molecule has 156 valence electrons. The maximum absolute atomic E-state index is 5.98. The highest BCUT2D eigenvalue weighted by Crippen LogP contribution is 2.32. The first kappa shape index (κ1) is 21.2. The molecule has 0 aliphatic carbocycles. The van der Waals surface area contributed by atoms with E-state index in [-0.39, 0.29) is 17.2 Å². The lowest BCUT2D eigenvalue weighted by molar-refractivity contribution is -0.0654. The average molecular weight is 428 g/mol. The van der Waals surface area contributed by atoms with Crippen LogP contribution in [0.25, 0.3) is 0 Å². The standard InChI is InChI=1S/C28H27O2S/c1-23(29-22-21-24-11-5-2-6-12-24)30-25-17-19-28(20-18-25)31(26-13-7-3-8-14-26)27-15-9-4-10-16-27/h2-20,23H,21-22H2,1H3/q+1. The number of hydrogen-bond acceptors (Lipinski definition) is 2. The monoisotopic (exact) mass is 427 g/mol. The van der Waals surface area contributed by atoms with Crippen LogP contribution in [0.1, 0.15) is 12.5 Å². The quantitative estimate of drug-likeness (QED) is 0.217. The van der Waals surface area contributed by atoms with Crippen molar-refractivity contribution in [3.05, 3.63) is 121 Å². The molecule has 1 atom stereocenters. The van der Waals surface area contributed by atoms with E-state index >= 15 is 0 Å². The average Bonchev–Trinajstić information content (AvgIpc) is 2.82. The van der Waals surface area contributed by atoms with Crippen LogP contribution in [0.3, 0.4) is 0 Å². The molecule has 4 aromatic carbocycles. The Morgan fingerprint density at radius 1 is 0.613 bits per heavy atom. The summed E-state index contributed by atoms with van der Waals surface area (Å²) >= 11 is 0. The van der Waals surface area contributed by atoms with Gasteiger partial charge in [-0.1, -0.05) is 66.7 Å². The van der Waals surface area contributed by atoms with Gasteiger partial charge in [-0.05, 0) is 67.4 Å². The largest absolute Gasteiger partial charge is 0.465 e. The molecule has 3 heteroatoms. The summed E-state index contributed by atoms with van der Waals surface area (Å²) in [6.45, 7) is 2.58. The summed E-state index contributed by atoms with van der Waals surface area (Å²) in [5.74, 6) is 0.820. The van der Waals surface area contributed by atoms with Gasteiger partial charge in [0.1, 0.15) is 5.75 Å². The van der Waals surface area contributed by atoms with Crippen molar-refractivity contribution in [1.82, 2.24) is 0 Å². The molecule has 31 heavy (non-hydrogen) atoms. The van der Waals surface area contributed by atoms with Crippen LogP contribution >= 0.6 is 0 Å². The molecule has 1 unspecified atom stereocenters. The van der Waals surface area contributed by atoms with Gasteiger partial charge in [0.25, 0.3) is 0 Å². The highest BCUT2D eigenvalue weighted by atomic mass is 32.2. The molecular weight excluding hydrogens is 400 g/mol. The predicted molar refractivity (Wildman–Crippen MR) is 128 cm³/mol. The van der Waals surface area contributed by atoms with Crippen LogP contribution in [0.5, 0.6) is 5.75 Å². The fourth-order valence-corrected chi connectivity index (χ4v) is 5.47. The molecule has 0 fully saturated rings. The SMILES string of the molecule is CC(OCCc1ccccc1)Oc1ccc([S+](c2ccccc2)c2ccccc2)cc1. The molecular formula is C28H27O2S+. The van der Waals surface area contributed by atoms with E-state index in [2.05, 4.69) is 97.1 Å². The number of hydrogen-bond donors (Lipinski definition) is 0. The molecule has 0 aliphatic rings. The first-order valence-electron chi connectivity index (χ1n) is 10.6. The molecule has 0 bridgehead atoms. The molecule has 0 aromatic heterocycles. The van der Waals surface area contributed by atoms with Crippen molar-refractivity contribution in [3.63, 3.8) is 0 Å². The van der Waals surface area contributed by atoms with Crippen LogP contribution in [0.2, 0.25) is 0 Å². The minimum atomic E-state index is -0.295. The minimum absolute atomic E-state index is 0.148. The van der Waals surface area contributed by atoms with E-state index in [4.69, 9.17) is 9.47 Å². The first-order valence-corrected chi connectivity index (χ1v) is 11.8. The lowest BCUT2D eigenvalue weighted by atomic mass is 10.2. The van der Waals surface area contributed by atoms with Gasteiger partial charge in [-0.25, -0.2) is 0 Å². The molecule has 0 spiro atoms. The highest BCUT2D eigenvalue weighted by Gasteiger charge is 2.28. The van der Waals surface area contributed by atoms with E-state index in [9.17, 15) is 0 Å². The van der Waals surface area contributed by atoms with Gasteiger partial charge in [0.05, 0.1) is 17.5 Å². The Balaban J connectivity index is 1.41. The molecule has 2 nitrogen and oxygen atoms in total. The second kappa shape index (κ2) is 10.9. The van der Waals surface area contributed by atoms with Crippen LogP contribution in [0.15, 0.2) is 130 Å². The number of rotatable bonds is 9. The Bertz CT molecular complexity index is 995. The topological polar surface area (TPSA) is 18.5 Å². The van der Waals surface area contributed by atoms with Gasteiger partial charge < -0.3 is 9.47 Å². The Morgan fingerprint density at radius 3 is 1.65 bits per heavy atom. The second-order valence-corrected chi connectivity index (χ2v) is 9.22. The first-order chi connectivity index (χ1) is 15.3. The van der Waals surface area contributed by atoms with Crippen molar-refractivity contribution >= 4 is 10.9 Å². The molecule has 0 saturated carbocycles. The van der Waals surface area contributed by atoms with Crippen molar-refractivity contribution in [1.29, 1.82) is 0 Å². The molecule has 0 N–H and O–H groups in total. The zero-order valence-corrected chi connectivity index (χ0v) is 18.5. The minimum Gasteiger partial charge on any atom is -0.465 e. The molecule has 0 aliphatic heterocycles. The molecule has 0 heterocycles. The molecule has 4 aromatic rings. The third-order valence-corrected chi connectivity index (χ3v) is 7.14. The zero-order valence-electron chi connectivity index (χ0n) is 17.7. The second-order valence-electron chi connectivity index (χ2n) is 7.20. The summed E-state index contributed by atoms with van der Waals surface area (Å²) in [6.07, 6.45) is 0.584. The summed E-state index contributed by atoms with van der Waals surface area (Å²) in [4.78, 5) is 3.88. The van der Waals surface area contributed by atoms with Gasteiger partial charge >= 0.3 is 0 Å². The Morgan fingerprint density at radius 2 is 1.10 bits per heavy atom. The van der Waals surface area contributed by atoms with E-state index in [1.807, 2.05) is 25.1 Å². The summed E-state index contributed by atoms with van der Waals surface area (Å²) in [7, 11) is -0.148. The lowest BCUT2D eigenvalue weighted by Gasteiger charge is -2.16.